The first-order valence-electron chi connectivity index (χ1n) is 7.08. The average molecular weight is 310 g/mol. The summed E-state index contributed by atoms with van der Waals surface area (Å²) in [5.41, 5.74) is 0.724. The van der Waals surface area contributed by atoms with Crippen LogP contribution in [0, 0.1) is 17.8 Å². The van der Waals surface area contributed by atoms with Crippen LogP contribution in [0.1, 0.15) is 25.7 Å². The predicted octanol–water partition coefficient (Wildman–Crippen LogP) is 4.92. The molecule has 2 aliphatic rings. The maximum Gasteiger partial charge on any atom is 0.228 e. The SMILES string of the molecule is O=C(Nc1ccc(Cl)c(Cl)c1)C1C2CC/C=C\CCC21. The molecule has 0 spiro atoms. The van der Waals surface area contributed by atoms with Crippen molar-refractivity contribution in [3.8, 4) is 0 Å². The highest BCUT2D eigenvalue weighted by molar-refractivity contribution is 6.42. The number of benzene rings is 1. The van der Waals surface area contributed by atoms with Crippen LogP contribution in [0.4, 0.5) is 5.69 Å². The molecule has 0 saturated heterocycles. The maximum absolute atomic E-state index is 12.4. The standard InChI is InChI=1S/C16H17Cl2NO/c17-13-8-7-10(9-14(13)18)19-16(20)15-11-5-3-1-2-4-6-12(11)15/h1-2,7-9,11-12,15H,3-6H2,(H,19,20)/b2-1-. The Morgan fingerprint density at radius 3 is 2.30 bits per heavy atom. The highest BCUT2D eigenvalue weighted by Crippen LogP contribution is 2.53. The Balaban J connectivity index is 1.64. The molecule has 20 heavy (non-hydrogen) atoms. The molecule has 0 aromatic heterocycles. The van der Waals surface area contributed by atoms with E-state index in [1.54, 1.807) is 18.2 Å². The quantitative estimate of drug-likeness (QED) is 0.771. The second kappa shape index (κ2) is 5.79. The number of allylic oxidation sites excluding steroid dienone is 2. The molecule has 3 rings (SSSR count). The zero-order chi connectivity index (χ0) is 14.1. The monoisotopic (exact) mass is 309 g/mol. The Labute approximate surface area is 129 Å². The third-order valence-corrected chi connectivity index (χ3v) is 5.06. The Morgan fingerprint density at radius 2 is 1.70 bits per heavy atom. The van der Waals surface area contributed by atoms with Gasteiger partial charge in [0.15, 0.2) is 0 Å². The Morgan fingerprint density at radius 1 is 1.05 bits per heavy atom. The normalized spacial score (nSPS) is 29.8. The van der Waals surface area contributed by atoms with Gasteiger partial charge in [0.1, 0.15) is 0 Å². The van der Waals surface area contributed by atoms with Crippen molar-refractivity contribution < 1.29 is 4.79 Å². The maximum atomic E-state index is 12.4. The number of carbonyl (C=O) groups is 1. The fraction of sp³-hybridized carbons (Fsp3) is 0.438. The Bertz CT molecular complexity index is 539. The van der Waals surface area contributed by atoms with Gasteiger partial charge >= 0.3 is 0 Å². The van der Waals surface area contributed by atoms with Crippen LogP contribution in [0.5, 0.6) is 0 Å². The van der Waals surface area contributed by atoms with E-state index in [0.29, 0.717) is 21.9 Å². The van der Waals surface area contributed by atoms with Crippen LogP contribution >= 0.6 is 23.2 Å². The minimum Gasteiger partial charge on any atom is -0.326 e. The lowest BCUT2D eigenvalue weighted by molar-refractivity contribution is -0.117. The number of rotatable bonds is 2. The van der Waals surface area contributed by atoms with Crippen molar-refractivity contribution in [3.63, 3.8) is 0 Å². The van der Waals surface area contributed by atoms with Crippen LogP contribution in [0.25, 0.3) is 0 Å². The second-order valence-electron chi connectivity index (χ2n) is 5.60. The molecule has 2 aliphatic carbocycles. The number of fused-ring (bicyclic) bond motifs is 1. The third kappa shape index (κ3) is 2.87. The van der Waals surface area contributed by atoms with Crippen molar-refractivity contribution in [2.45, 2.75) is 25.7 Å². The summed E-state index contributed by atoms with van der Waals surface area (Å²) in [6.45, 7) is 0. The average Bonchev–Trinajstić information content (AvgIpc) is 3.05. The summed E-state index contributed by atoms with van der Waals surface area (Å²) in [6, 6.07) is 5.20. The summed E-state index contributed by atoms with van der Waals surface area (Å²) < 4.78 is 0. The van der Waals surface area contributed by atoms with Crippen molar-refractivity contribution in [1.29, 1.82) is 0 Å². The summed E-state index contributed by atoms with van der Waals surface area (Å²) in [5, 5.41) is 3.94. The van der Waals surface area contributed by atoms with Gasteiger partial charge in [-0.25, -0.2) is 0 Å². The van der Waals surface area contributed by atoms with Gasteiger partial charge in [-0.3, -0.25) is 4.79 Å². The van der Waals surface area contributed by atoms with E-state index in [-0.39, 0.29) is 11.8 Å². The molecule has 2 atom stereocenters. The molecule has 2 unspecified atom stereocenters. The van der Waals surface area contributed by atoms with E-state index in [1.807, 2.05) is 0 Å². The van der Waals surface area contributed by atoms with E-state index >= 15 is 0 Å². The zero-order valence-corrected chi connectivity index (χ0v) is 12.6. The van der Waals surface area contributed by atoms with E-state index in [2.05, 4.69) is 17.5 Å². The molecule has 1 fully saturated rings. The minimum atomic E-state index is 0.125. The van der Waals surface area contributed by atoms with Gasteiger partial charge in [0.05, 0.1) is 10.0 Å². The van der Waals surface area contributed by atoms with E-state index in [9.17, 15) is 4.79 Å². The molecule has 2 nitrogen and oxygen atoms in total. The van der Waals surface area contributed by atoms with Crippen LogP contribution in [0.15, 0.2) is 30.4 Å². The first-order valence-corrected chi connectivity index (χ1v) is 7.83. The minimum absolute atomic E-state index is 0.125. The van der Waals surface area contributed by atoms with Gasteiger partial charge in [0, 0.05) is 11.6 Å². The number of halogens is 2. The van der Waals surface area contributed by atoms with Crippen molar-refractivity contribution in [2.75, 3.05) is 5.32 Å². The summed E-state index contributed by atoms with van der Waals surface area (Å²) in [4.78, 5) is 12.4. The number of amides is 1. The zero-order valence-electron chi connectivity index (χ0n) is 11.1. The Kier molecular flexibility index (Phi) is 4.04. The summed E-state index contributed by atoms with van der Waals surface area (Å²) in [7, 11) is 0. The van der Waals surface area contributed by atoms with E-state index in [1.165, 1.54) is 0 Å². The molecular weight excluding hydrogens is 293 g/mol. The lowest BCUT2D eigenvalue weighted by Crippen LogP contribution is -2.15. The van der Waals surface area contributed by atoms with Crippen LogP contribution in [-0.4, -0.2) is 5.91 Å². The van der Waals surface area contributed by atoms with Gasteiger partial charge in [0.2, 0.25) is 5.91 Å². The molecule has 0 bridgehead atoms. The summed E-state index contributed by atoms with van der Waals surface area (Å²) in [5.74, 6) is 1.41. The number of carbonyl (C=O) groups excluding carboxylic acids is 1. The van der Waals surface area contributed by atoms with Gasteiger partial charge in [-0.05, 0) is 55.7 Å². The fourth-order valence-electron chi connectivity index (χ4n) is 3.23. The molecule has 1 amide bonds. The van der Waals surface area contributed by atoms with Crippen LogP contribution in [0.2, 0.25) is 10.0 Å². The van der Waals surface area contributed by atoms with E-state index in [4.69, 9.17) is 23.2 Å². The lowest BCUT2D eigenvalue weighted by Gasteiger charge is -2.06. The predicted molar refractivity (Wildman–Crippen MR) is 83.2 cm³/mol. The van der Waals surface area contributed by atoms with Crippen LogP contribution in [0.3, 0.4) is 0 Å². The second-order valence-corrected chi connectivity index (χ2v) is 6.41. The first kappa shape index (κ1) is 14.0. The van der Waals surface area contributed by atoms with Gasteiger partial charge in [-0.2, -0.15) is 0 Å². The third-order valence-electron chi connectivity index (χ3n) is 4.32. The number of hydrogen-bond donors (Lipinski definition) is 1. The van der Waals surface area contributed by atoms with Gasteiger partial charge in [-0.1, -0.05) is 35.4 Å². The number of hydrogen-bond acceptors (Lipinski definition) is 1. The van der Waals surface area contributed by atoms with Crippen molar-refractivity contribution in [2.24, 2.45) is 17.8 Å². The molecule has 1 N–H and O–H groups in total. The lowest BCUT2D eigenvalue weighted by atomic mass is 10.1. The first-order chi connectivity index (χ1) is 9.66. The summed E-state index contributed by atoms with van der Waals surface area (Å²) in [6.07, 6.45) is 8.92. The fourth-order valence-corrected chi connectivity index (χ4v) is 3.53. The molecule has 1 saturated carbocycles. The Hall–Kier alpha value is -0.990. The van der Waals surface area contributed by atoms with Crippen molar-refractivity contribution in [3.05, 3.63) is 40.4 Å². The highest BCUT2D eigenvalue weighted by atomic mass is 35.5. The molecule has 4 heteroatoms. The van der Waals surface area contributed by atoms with Crippen molar-refractivity contribution >= 4 is 34.8 Å². The van der Waals surface area contributed by atoms with Crippen LogP contribution in [-0.2, 0) is 4.79 Å². The number of nitrogens with one attached hydrogen (secondary N) is 1. The van der Waals surface area contributed by atoms with Gasteiger partial charge in [-0.15, -0.1) is 0 Å². The topological polar surface area (TPSA) is 29.1 Å². The van der Waals surface area contributed by atoms with Crippen LogP contribution < -0.4 is 5.32 Å². The molecule has 1 aromatic rings. The van der Waals surface area contributed by atoms with E-state index in [0.717, 1.165) is 31.4 Å². The molecule has 0 radical (unpaired) electrons. The van der Waals surface area contributed by atoms with Crippen molar-refractivity contribution in [1.82, 2.24) is 0 Å². The highest BCUT2D eigenvalue weighted by Gasteiger charge is 2.53. The molecule has 0 aliphatic heterocycles. The molecular formula is C16H17Cl2NO. The molecule has 0 heterocycles. The number of anilines is 1. The smallest absolute Gasteiger partial charge is 0.228 e. The summed E-state index contributed by atoms with van der Waals surface area (Å²) >= 11 is 11.8. The van der Waals surface area contributed by atoms with E-state index < -0.39 is 0 Å². The molecule has 106 valence electrons. The largest absolute Gasteiger partial charge is 0.326 e. The van der Waals surface area contributed by atoms with Gasteiger partial charge < -0.3 is 5.32 Å². The molecule has 1 aromatic carbocycles. The van der Waals surface area contributed by atoms with Gasteiger partial charge in [0.25, 0.3) is 0 Å².